The molecular weight excluding hydrogens is 160 g/mol. The summed E-state index contributed by atoms with van der Waals surface area (Å²) < 4.78 is 9.60. The van der Waals surface area contributed by atoms with Crippen molar-refractivity contribution in [1.82, 2.24) is 0 Å². The van der Waals surface area contributed by atoms with Gasteiger partial charge in [-0.15, -0.1) is 0 Å². The summed E-state index contributed by atoms with van der Waals surface area (Å²) in [6, 6.07) is 0. The minimum atomic E-state index is -0.484. The number of hydrogen-bond donors (Lipinski definition) is 0. The van der Waals surface area contributed by atoms with Gasteiger partial charge in [0.2, 0.25) is 0 Å². The Morgan fingerprint density at radius 2 is 1.92 bits per heavy atom. The smallest absolute Gasteiger partial charge is 0.313 e. The van der Waals surface area contributed by atoms with Crippen molar-refractivity contribution in [3.8, 4) is 0 Å². The molecule has 4 nitrogen and oxygen atoms in total. The van der Waals surface area contributed by atoms with E-state index in [1.807, 2.05) is 6.92 Å². The van der Waals surface area contributed by atoms with Crippen molar-refractivity contribution in [3.05, 3.63) is 0 Å². The Hall–Kier alpha value is -0.900. The molecule has 0 aliphatic rings. The largest absolute Gasteiger partial charge is 0.463 e. The minimum absolute atomic E-state index is 0.147. The molecule has 0 rings (SSSR count). The molecular formula is C8H14O4. The van der Waals surface area contributed by atoms with E-state index in [0.717, 1.165) is 0 Å². The quantitative estimate of drug-likeness (QED) is 0.335. The lowest BCUT2D eigenvalue weighted by atomic mass is 10.3. The highest BCUT2D eigenvalue weighted by Gasteiger charge is 2.04. The summed E-state index contributed by atoms with van der Waals surface area (Å²) >= 11 is 0. The van der Waals surface area contributed by atoms with Crippen LogP contribution in [0.4, 0.5) is 0 Å². The summed E-state index contributed by atoms with van der Waals surface area (Å²) in [4.78, 5) is 21.1. The van der Waals surface area contributed by atoms with Gasteiger partial charge in [-0.05, 0) is 13.8 Å². The number of rotatable bonds is 6. The van der Waals surface area contributed by atoms with Crippen molar-refractivity contribution in [2.24, 2.45) is 0 Å². The van der Waals surface area contributed by atoms with Crippen LogP contribution in [0.1, 0.15) is 20.3 Å². The van der Waals surface area contributed by atoms with Gasteiger partial charge in [-0.2, -0.15) is 0 Å². The Labute approximate surface area is 71.8 Å². The summed E-state index contributed by atoms with van der Waals surface area (Å²) in [5.74, 6) is -0.668. The third-order valence-corrected chi connectivity index (χ3v) is 1.09. The van der Waals surface area contributed by atoms with Crippen molar-refractivity contribution >= 4 is 11.8 Å². The van der Waals surface area contributed by atoms with Crippen LogP contribution in [-0.4, -0.2) is 31.6 Å². The van der Waals surface area contributed by atoms with Gasteiger partial charge >= 0.3 is 5.97 Å². The molecule has 0 radical (unpaired) electrons. The van der Waals surface area contributed by atoms with Crippen LogP contribution in [-0.2, 0) is 19.1 Å². The zero-order valence-electron chi connectivity index (χ0n) is 7.46. The zero-order chi connectivity index (χ0) is 9.40. The van der Waals surface area contributed by atoms with E-state index in [4.69, 9.17) is 4.74 Å². The molecule has 0 amide bonds. The van der Waals surface area contributed by atoms with Gasteiger partial charge in [0.1, 0.15) is 18.8 Å². The molecule has 0 saturated heterocycles. The number of ether oxygens (including phenoxy) is 2. The molecule has 70 valence electrons. The lowest BCUT2D eigenvalue weighted by molar-refractivity contribution is -0.147. The van der Waals surface area contributed by atoms with Crippen molar-refractivity contribution in [2.75, 3.05) is 19.8 Å². The first-order valence-corrected chi connectivity index (χ1v) is 3.89. The number of carbonyl (C=O) groups excluding carboxylic acids is 2. The number of Topliss-reactive ketones (excluding diaryl/α,β-unsaturated/α-hetero) is 1. The molecule has 0 aliphatic heterocycles. The van der Waals surface area contributed by atoms with Crippen molar-refractivity contribution in [3.63, 3.8) is 0 Å². The molecule has 0 unspecified atom stereocenters. The topological polar surface area (TPSA) is 52.6 Å². The van der Waals surface area contributed by atoms with E-state index < -0.39 is 5.97 Å². The van der Waals surface area contributed by atoms with Crippen LogP contribution in [0.15, 0.2) is 0 Å². The van der Waals surface area contributed by atoms with Gasteiger partial charge in [0.05, 0.1) is 6.61 Å². The van der Waals surface area contributed by atoms with Crippen LogP contribution in [0.25, 0.3) is 0 Å². The maximum Gasteiger partial charge on any atom is 0.313 e. The maximum absolute atomic E-state index is 10.7. The van der Waals surface area contributed by atoms with Gasteiger partial charge in [-0.3, -0.25) is 9.59 Å². The van der Waals surface area contributed by atoms with Gasteiger partial charge in [0, 0.05) is 6.61 Å². The van der Waals surface area contributed by atoms with Crippen LogP contribution in [0.5, 0.6) is 0 Å². The Bertz CT molecular complexity index is 153. The Morgan fingerprint density at radius 1 is 1.25 bits per heavy atom. The van der Waals surface area contributed by atoms with E-state index in [0.29, 0.717) is 13.2 Å². The summed E-state index contributed by atoms with van der Waals surface area (Å²) in [7, 11) is 0. The Balaban J connectivity index is 3.26. The van der Waals surface area contributed by atoms with Crippen LogP contribution in [0, 0.1) is 0 Å². The summed E-state index contributed by atoms with van der Waals surface area (Å²) in [5, 5.41) is 0. The molecule has 0 aromatic carbocycles. The average Bonchev–Trinajstić information content (AvgIpc) is 1.97. The predicted molar refractivity (Wildman–Crippen MR) is 42.8 cm³/mol. The highest BCUT2D eigenvalue weighted by atomic mass is 16.6. The summed E-state index contributed by atoms with van der Waals surface area (Å²) in [5.41, 5.74) is 0. The highest BCUT2D eigenvalue weighted by molar-refractivity contribution is 5.94. The minimum Gasteiger partial charge on any atom is -0.463 e. The number of carbonyl (C=O) groups is 2. The zero-order valence-corrected chi connectivity index (χ0v) is 7.46. The first-order valence-electron chi connectivity index (χ1n) is 3.89. The van der Waals surface area contributed by atoms with E-state index in [9.17, 15) is 9.59 Å². The van der Waals surface area contributed by atoms with Gasteiger partial charge in [0.15, 0.2) is 0 Å². The third kappa shape index (κ3) is 7.21. The van der Waals surface area contributed by atoms with Crippen LogP contribution in [0.2, 0.25) is 0 Å². The van der Waals surface area contributed by atoms with Gasteiger partial charge in [-0.1, -0.05) is 0 Å². The molecule has 0 aromatic heterocycles. The van der Waals surface area contributed by atoms with Crippen molar-refractivity contribution < 1.29 is 19.1 Å². The van der Waals surface area contributed by atoms with E-state index in [2.05, 4.69) is 4.74 Å². The predicted octanol–water partition coefficient (Wildman–Crippen LogP) is 0.545. The molecule has 0 aromatic rings. The Morgan fingerprint density at radius 3 is 2.42 bits per heavy atom. The van der Waals surface area contributed by atoms with E-state index >= 15 is 0 Å². The standard InChI is InChI=1S/C8H14O4/c1-3-11-4-5-12-8(10)6-7(2)9/h3-6H2,1-2H3. The van der Waals surface area contributed by atoms with Gasteiger partial charge in [-0.25, -0.2) is 0 Å². The van der Waals surface area contributed by atoms with E-state index in [1.54, 1.807) is 0 Å². The number of ketones is 1. The van der Waals surface area contributed by atoms with E-state index in [-0.39, 0.29) is 18.8 Å². The monoisotopic (exact) mass is 174 g/mol. The van der Waals surface area contributed by atoms with Gasteiger partial charge < -0.3 is 9.47 Å². The molecule has 0 fully saturated rings. The summed E-state index contributed by atoms with van der Waals surface area (Å²) in [6.07, 6.45) is -0.147. The second-order valence-corrected chi connectivity index (χ2v) is 2.30. The fraction of sp³-hybridized carbons (Fsp3) is 0.750. The second kappa shape index (κ2) is 6.79. The molecule has 4 heteroatoms. The Kier molecular flexibility index (Phi) is 6.28. The molecule has 0 bridgehead atoms. The molecule has 0 heterocycles. The summed E-state index contributed by atoms with van der Waals surface area (Å²) in [6.45, 7) is 4.42. The molecule has 0 N–H and O–H groups in total. The van der Waals surface area contributed by atoms with Gasteiger partial charge in [0.25, 0.3) is 0 Å². The van der Waals surface area contributed by atoms with Crippen molar-refractivity contribution in [1.29, 1.82) is 0 Å². The van der Waals surface area contributed by atoms with Crippen LogP contribution in [0.3, 0.4) is 0 Å². The fourth-order valence-corrected chi connectivity index (χ4v) is 0.613. The fourth-order valence-electron chi connectivity index (χ4n) is 0.613. The van der Waals surface area contributed by atoms with E-state index in [1.165, 1.54) is 6.92 Å². The molecule has 0 aliphatic carbocycles. The lowest BCUT2D eigenvalue weighted by Gasteiger charge is -2.02. The third-order valence-electron chi connectivity index (χ3n) is 1.09. The molecule has 0 spiro atoms. The average molecular weight is 174 g/mol. The van der Waals surface area contributed by atoms with Crippen LogP contribution < -0.4 is 0 Å². The van der Waals surface area contributed by atoms with Crippen molar-refractivity contribution in [2.45, 2.75) is 20.3 Å². The second-order valence-electron chi connectivity index (χ2n) is 2.30. The molecule has 0 saturated carbocycles. The lowest BCUT2D eigenvalue weighted by Crippen LogP contribution is -2.12. The maximum atomic E-state index is 10.7. The SMILES string of the molecule is CCOCCOC(=O)CC(C)=O. The molecule has 0 atom stereocenters. The number of hydrogen-bond acceptors (Lipinski definition) is 4. The number of esters is 1. The van der Waals surface area contributed by atoms with Crippen LogP contribution >= 0.6 is 0 Å². The normalized spacial score (nSPS) is 9.50. The first kappa shape index (κ1) is 11.1. The highest BCUT2D eigenvalue weighted by Crippen LogP contribution is 1.87. The molecule has 12 heavy (non-hydrogen) atoms. The first-order chi connectivity index (χ1) is 5.66.